The zero-order valence-electron chi connectivity index (χ0n) is 52.2. The van der Waals surface area contributed by atoms with E-state index in [1.165, 1.54) is 327 Å². The van der Waals surface area contributed by atoms with Crippen LogP contribution in [0.15, 0.2) is 24.3 Å². The highest BCUT2D eigenvalue weighted by atomic mass is 16.5. The van der Waals surface area contributed by atoms with Gasteiger partial charge in [0.15, 0.2) is 0 Å². The second-order valence-corrected chi connectivity index (χ2v) is 24.2. The summed E-state index contributed by atoms with van der Waals surface area (Å²) in [5, 5.41) is 23.2. The molecule has 0 aliphatic carbocycles. The van der Waals surface area contributed by atoms with E-state index >= 15 is 0 Å². The second kappa shape index (κ2) is 66.8. The number of esters is 1. The minimum absolute atomic E-state index is 0.0196. The van der Waals surface area contributed by atoms with Gasteiger partial charge in [0, 0.05) is 12.8 Å². The summed E-state index contributed by atoms with van der Waals surface area (Å²) in [5.41, 5.74) is 0. The van der Waals surface area contributed by atoms with Crippen LogP contribution in [-0.2, 0) is 14.3 Å². The van der Waals surface area contributed by atoms with Gasteiger partial charge in [0.25, 0.3) is 0 Å². The van der Waals surface area contributed by atoms with E-state index in [1.54, 1.807) is 6.08 Å². The monoisotopic (exact) mass is 1080 g/mol. The van der Waals surface area contributed by atoms with E-state index in [9.17, 15) is 19.8 Å². The molecule has 0 saturated carbocycles. The molecule has 0 rings (SSSR count). The molecular formula is C71H137NO5. The first-order valence-corrected chi connectivity index (χ1v) is 35.1. The van der Waals surface area contributed by atoms with Crippen molar-refractivity contribution in [3.05, 3.63) is 24.3 Å². The summed E-state index contributed by atoms with van der Waals surface area (Å²) in [6.07, 6.45) is 84.1. The summed E-state index contributed by atoms with van der Waals surface area (Å²) in [7, 11) is 0. The zero-order valence-corrected chi connectivity index (χ0v) is 52.2. The number of carbonyl (C=O) groups excluding carboxylic acids is 2. The summed E-state index contributed by atoms with van der Waals surface area (Å²) in [6.45, 7) is 4.93. The lowest BCUT2D eigenvalue weighted by Gasteiger charge is -2.20. The maximum atomic E-state index is 12.5. The number of aliphatic hydroxyl groups excluding tert-OH is 2. The van der Waals surface area contributed by atoms with Crippen LogP contribution in [0.3, 0.4) is 0 Å². The second-order valence-electron chi connectivity index (χ2n) is 24.2. The van der Waals surface area contributed by atoms with Gasteiger partial charge < -0.3 is 20.3 Å². The molecule has 2 atom stereocenters. The molecular weight excluding hydrogens is 947 g/mol. The number of nitrogens with one attached hydrogen (secondary N) is 1. The Morgan fingerprint density at radius 3 is 0.922 bits per heavy atom. The van der Waals surface area contributed by atoms with E-state index in [0.29, 0.717) is 19.4 Å². The quantitative estimate of drug-likeness (QED) is 0.0320. The predicted molar refractivity (Wildman–Crippen MR) is 338 cm³/mol. The van der Waals surface area contributed by atoms with Crippen LogP contribution in [0, 0.1) is 0 Å². The molecule has 0 bridgehead atoms. The van der Waals surface area contributed by atoms with Crippen LogP contribution in [0.2, 0.25) is 0 Å². The Kier molecular flexibility index (Phi) is 65.4. The van der Waals surface area contributed by atoms with E-state index in [0.717, 1.165) is 38.5 Å². The van der Waals surface area contributed by atoms with Gasteiger partial charge in [-0.2, -0.15) is 0 Å². The van der Waals surface area contributed by atoms with Gasteiger partial charge >= 0.3 is 5.97 Å². The molecule has 0 saturated heterocycles. The normalized spacial score (nSPS) is 12.6. The Morgan fingerprint density at radius 2 is 0.610 bits per heavy atom. The molecule has 0 aliphatic heterocycles. The SMILES string of the molecule is CCCCCCCCCCCCCCC/C=C/C(O)C(CO)NC(=O)CCCCCCCCCCCCCCCCCCC/C=C\CCCCCCCCCCCCCCOC(=O)CCCCCCCCCCCCCC. The molecule has 0 spiro atoms. The summed E-state index contributed by atoms with van der Waals surface area (Å²) in [4.78, 5) is 24.5. The minimum Gasteiger partial charge on any atom is -0.466 e. The van der Waals surface area contributed by atoms with Crippen molar-refractivity contribution in [1.82, 2.24) is 5.32 Å². The smallest absolute Gasteiger partial charge is 0.305 e. The molecule has 0 fully saturated rings. The van der Waals surface area contributed by atoms with Crippen molar-refractivity contribution in [2.24, 2.45) is 0 Å². The van der Waals surface area contributed by atoms with Gasteiger partial charge in [0.2, 0.25) is 5.91 Å². The number of hydrogen-bond acceptors (Lipinski definition) is 5. The first-order chi connectivity index (χ1) is 38.0. The van der Waals surface area contributed by atoms with Crippen molar-refractivity contribution >= 4 is 11.9 Å². The fraction of sp³-hybridized carbons (Fsp3) is 0.915. The Bertz CT molecular complexity index is 1200. The number of rotatable bonds is 66. The summed E-state index contributed by atoms with van der Waals surface area (Å²) in [5.74, 6) is -0.0428. The van der Waals surface area contributed by atoms with Crippen molar-refractivity contribution in [1.29, 1.82) is 0 Å². The van der Waals surface area contributed by atoms with Gasteiger partial charge in [-0.25, -0.2) is 0 Å². The average molecular weight is 1080 g/mol. The van der Waals surface area contributed by atoms with Crippen molar-refractivity contribution in [2.45, 2.75) is 405 Å². The highest BCUT2D eigenvalue weighted by Gasteiger charge is 2.18. The highest BCUT2D eigenvalue weighted by molar-refractivity contribution is 5.76. The van der Waals surface area contributed by atoms with Crippen LogP contribution in [-0.4, -0.2) is 47.4 Å². The maximum absolute atomic E-state index is 12.5. The van der Waals surface area contributed by atoms with E-state index in [2.05, 4.69) is 31.3 Å². The lowest BCUT2D eigenvalue weighted by molar-refractivity contribution is -0.143. The van der Waals surface area contributed by atoms with E-state index in [4.69, 9.17) is 4.74 Å². The van der Waals surface area contributed by atoms with Gasteiger partial charge in [-0.3, -0.25) is 9.59 Å². The van der Waals surface area contributed by atoms with E-state index < -0.39 is 12.1 Å². The lowest BCUT2D eigenvalue weighted by Crippen LogP contribution is -2.45. The lowest BCUT2D eigenvalue weighted by atomic mass is 10.0. The van der Waals surface area contributed by atoms with Crippen LogP contribution in [0.25, 0.3) is 0 Å². The first kappa shape index (κ1) is 75.3. The first-order valence-electron chi connectivity index (χ1n) is 35.1. The molecule has 0 aromatic carbocycles. The molecule has 2 unspecified atom stereocenters. The van der Waals surface area contributed by atoms with Crippen molar-refractivity contribution in [3.8, 4) is 0 Å². The summed E-state index contributed by atoms with van der Waals surface area (Å²) in [6, 6.07) is -0.625. The molecule has 6 nitrogen and oxygen atoms in total. The highest BCUT2D eigenvalue weighted by Crippen LogP contribution is 2.19. The van der Waals surface area contributed by atoms with Crippen molar-refractivity contribution in [3.63, 3.8) is 0 Å². The predicted octanol–water partition coefficient (Wildman–Crippen LogP) is 22.5. The molecule has 3 N–H and O–H groups in total. The molecule has 77 heavy (non-hydrogen) atoms. The average Bonchev–Trinajstić information content (AvgIpc) is 3.43. The Morgan fingerprint density at radius 1 is 0.351 bits per heavy atom. The topological polar surface area (TPSA) is 95.9 Å². The molecule has 0 aliphatic rings. The number of hydrogen-bond donors (Lipinski definition) is 3. The molecule has 0 aromatic rings. The molecule has 1 amide bonds. The Balaban J connectivity index is 3.36. The fourth-order valence-corrected chi connectivity index (χ4v) is 11.1. The van der Waals surface area contributed by atoms with E-state index in [-0.39, 0.29) is 18.5 Å². The molecule has 456 valence electrons. The van der Waals surface area contributed by atoms with Crippen molar-refractivity contribution in [2.75, 3.05) is 13.2 Å². The fourth-order valence-electron chi connectivity index (χ4n) is 11.1. The van der Waals surface area contributed by atoms with Crippen LogP contribution in [0.4, 0.5) is 0 Å². The molecule has 6 heteroatoms. The number of carbonyl (C=O) groups is 2. The standard InChI is InChI=1S/C71H137NO5/c1-3-5-7-9-11-13-15-17-37-40-43-47-51-55-59-63-69(74)68(67-73)72-70(75)64-60-56-52-48-44-41-38-35-33-31-29-27-25-23-21-19-18-20-22-24-26-28-30-32-34-36-39-42-46-50-54-58-62-66-77-71(76)65-61-57-53-49-45-16-14-12-10-8-6-4-2/h22,24,59,63,68-69,73-74H,3-21,23,25-58,60-62,64-67H2,1-2H3,(H,72,75)/b24-22-,63-59+. The van der Waals surface area contributed by atoms with E-state index in [1.807, 2.05) is 6.08 Å². The number of allylic oxidation sites excluding steroid dienone is 3. The Labute approximate surface area is 481 Å². The van der Waals surface area contributed by atoms with Crippen molar-refractivity contribution < 1.29 is 24.5 Å². The van der Waals surface area contributed by atoms with Gasteiger partial charge in [-0.05, 0) is 57.8 Å². The third kappa shape index (κ3) is 63.4. The molecule has 0 heterocycles. The van der Waals surface area contributed by atoms with Gasteiger partial charge in [-0.1, -0.05) is 346 Å². The maximum Gasteiger partial charge on any atom is 0.305 e. The number of unbranched alkanes of at least 4 members (excludes halogenated alkanes) is 53. The number of amides is 1. The van der Waals surface area contributed by atoms with Crippen LogP contribution >= 0.6 is 0 Å². The molecule has 0 aromatic heterocycles. The van der Waals surface area contributed by atoms with Gasteiger partial charge in [-0.15, -0.1) is 0 Å². The van der Waals surface area contributed by atoms with Crippen LogP contribution in [0.1, 0.15) is 393 Å². The van der Waals surface area contributed by atoms with Crippen LogP contribution < -0.4 is 5.32 Å². The third-order valence-corrected chi connectivity index (χ3v) is 16.5. The summed E-state index contributed by atoms with van der Waals surface area (Å²) < 4.78 is 5.48. The van der Waals surface area contributed by atoms with Crippen LogP contribution in [0.5, 0.6) is 0 Å². The Hall–Kier alpha value is -1.66. The van der Waals surface area contributed by atoms with Gasteiger partial charge in [0.05, 0.1) is 25.4 Å². The van der Waals surface area contributed by atoms with Gasteiger partial charge in [0.1, 0.15) is 0 Å². The molecule has 0 radical (unpaired) electrons. The minimum atomic E-state index is -0.842. The summed E-state index contributed by atoms with van der Waals surface area (Å²) >= 11 is 0. The largest absolute Gasteiger partial charge is 0.466 e. The zero-order chi connectivity index (χ0) is 55.7. The number of ether oxygens (including phenoxy) is 1. The third-order valence-electron chi connectivity index (χ3n) is 16.5. The number of aliphatic hydroxyl groups is 2.